The van der Waals surface area contributed by atoms with Crippen molar-refractivity contribution in [3.63, 3.8) is 0 Å². The van der Waals surface area contributed by atoms with Crippen LogP contribution in [-0.2, 0) is 6.32 Å². The molecule has 2 heteroatoms. The molecule has 0 bridgehead atoms. The lowest BCUT2D eigenvalue weighted by Crippen LogP contribution is -1.73. The number of hydrogen-bond acceptors (Lipinski definition) is 1. The summed E-state index contributed by atoms with van der Waals surface area (Å²) >= 11 is 0. The van der Waals surface area contributed by atoms with Crippen molar-refractivity contribution in [1.29, 1.82) is 0 Å². The van der Waals surface area contributed by atoms with Gasteiger partial charge in [-0.3, -0.25) is 0 Å². The molecule has 0 fully saturated rings. The van der Waals surface area contributed by atoms with Crippen LogP contribution in [0.5, 0.6) is 0 Å². The maximum Gasteiger partial charge on any atom is 0.0926 e. The molecule has 0 aromatic carbocycles. The van der Waals surface area contributed by atoms with E-state index in [2.05, 4.69) is 0 Å². The fraction of sp³-hybridized carbons (Fsp3) is 0.200. The zero-order chi connectivity index (χ0) is 5.11. The molecule has 1 rings (SSSR count). The predicted molar refractivity (Wildman–Crippen MR) is 28.2 cm³/mol. The van der Waals surface area contributed by atoms with Gasteiger partial charge in [0.2, 0.25) is 0 Å². The average Bonchev–Trinajstić information content (AvgIpc) is 2.14. The van der Waals surface area contributed by atoms with Crippen molar-refractivity contribution in [1.82, 2.24) is 0 Å². The smallest absolute Gasteiger partial charge is 0.0926 e. The third-order valence-corrected chi connectivity index (χ3v) is 0.816. The SMILES string of the molecule is [B]Cc1ccoc1. The van der Waals surface area contributed by atoms with Crippen LogP contribution in [0.4, 0.5) is 0 Å². The highest BCUT2D eigenvalue weighted by Gasteiger charge is 1.83. The summed E-state index contributed by atoms with van der Waals surface area (Å²) in [6, 6.07) is 1.85. The van der Waals surface area contributed by atoms with Gasteiger partial charge in [0.25, 0.3) is 0 Å². The van der Waals surface area contributed by atoms with Gasteiger partial charge >= 0.3 is 0 Å². The van der Waals surface area contributed by atoms with Crippen LogP contribution >= 0.6 is 0 Å². The van der Waals surface area contributed by atoms with Crippen LogP contribution in [0.25, 0.3) is 0 Å². The fourth-order valence-electron chi connectivity index (χ4n) is 0.409. The van der Waals surface area contributed by atoms with Gasteiger partial charge < -0.3 is 4.42 Å². The first-order valence-electron chi connectivity index (χ1n) is 2.14. The summed E-state index contributed by atoms with van der Waals surface area (Å²) in [6.07, 6.45) is 3.82. The summed E-state index contributed by atoms with van der Waals surface area (Å²) in [5.41, 5.74) is 1.04. The summed E-state index contributed by atoms with van der Waals surface area (Å²) in [5, 5.41) is 0. The monoisotopic (exact) mass is 92.0 g/mol. The zero-order valence-corrected chi connectivity index (χ0v) is 3.92. The van der Waals surface area contributed by atoms with E-state index in [-0.39, 0.29) is 0 Å². The van der Waals surface area contributed by atoms with Crippen molar-refractivity contribution < 1.29 is 4.42 Å². The summed E-state index contributed by atoms with van der Waals surface area (Å²) < 4.78 is 4.73. The topological polar surface area (TPSA) is 13.1 Å². The van der Waals surface area contributed by atoms with E-state index in [0.717, 1.165) is 5.56 Å². The lowest BCUT2D eigenvalue weighted by Gasteiger charge is -1.76. The molecule has 1 aromatic rings. The van der Waals surface area contributed by atoms with Crippen molar-refractivity contribution in [2.45, 2.75) is 6.32 Å². The van der Waals surface area contributed by atoms with Gasteiger partial charge in [-0.05, 0) is 11.6 Å². The van der Waals surface area contributed by atoms with Gasteiger partial charge in [-0.25, -0.2) is 0 Å². The first-order valence-corrected chi connectivity index (χ1v) is 2.14. The first-order chi connectivity index (χ1) is 3.43. The molecule has 1 aromatic heterocycles. The minimum absolute atomic E-state index is 0.566. The minimum atomic E-state index is 0.566. The molecule has 0 atom stereocenters. The van der Waals surface area contributed by atoms with Crippen LogP contribution in [0.15, 0.2) is 23.0 Å². The van der Waals surface area contributed by atoms with E-state index in [1.165, 1.54) is 0 Å². The number of rotatable bonds is 1. The second kappa shape index (κ2) is 1.87. The molecule has 0 unspecified atom stereocenters. The van der Waals surface area contributed by atoms with E-state index in [9.17, 15) is 0 Å². The quantitative estimate of drug-likeness (QED) is 0.470. The molecule has 0 aliphatic rings. The molecule has 0 saturated carbocycles. The second-order valence-electron chi connectivity index (χ2n) is 1.34. The van der Waals surface area contributed by atoms with Crippen molar-refractivity contribution in [3.8, 4) is 0 Å². The maximum absolute atomic E-state index is 5.23. The molecule has 0 amide bonds. The highest BCUT2D eigenvalue weighted by Crippen LogP contribution is 1.96. The third-order valence-electron chi connectivity index (χ3n) is 0.816. The van der Waals surface area contributed by atoms with Crippen LogP contribution < -0.4 is 0 Å². The molecule has 34 valence electrons. The lowest BCUT2D eigenvalue weighted by molar-refractivity contribution is 0.565. The molecule has 0 aliphatic carbocycles. The molecular formula is C5H5BO. The van der Waals surface area contributed by atoms with Gasteiger partial charge in [0, 0.05) is 0 Å². The van der Waals surface area contributed by atoms with Crippen molar-refractivity contribution in [2.24, 2.45) is 0 Å². The Morgan fingerprint density at radius 2 is 2.57 bits per heavy atom. The van der Waals surface area contributed by atoms with E-state index in [1.54, 1.807) is 12.5 Å². The minimum Gasteiger partial charge on any atom is -0.472 e. The average molecular weight is 91.9 g/mol. The molecule has 0 spiro atoms. The second-order valence-corrected chi connectivity index (χ2v) is 1.34. The third kappa shape index (κ3) is 0.859. The Labute approximate surface area is 43.7 Å². The van der Waals surface area contributed by atoms with Crippen LogP contribution in [0, 0.1) is 0 Å². The summed E-state index contributed by atoms with van der Waals surface area (Å²) in [5.74, 6) is 0. The van der Waals surface area contributed by atoms with Crippen molar-refractivity contribution in [3.05, 3.63) is 24.2 Å². The molecule has 0 aliphatic heterocycles. The zero-order valence-electron chi connectivity index (χ0n) is 3.92. The van der Waals surface area contributed by atoms with Gasteiger partial charge in [-0.2, -0.15) is 0 Å². The van der Waals surface area contributed by atoms with Gasteiger partial charge in [0.05, 0.1) is 20.4 Å². The summed E-state index contributed by atoms with van der Waals surface area (Å²) in [4.78, 5) is 0. The normalized spacial score (nSPS) is 9.14. The molecule has 2 radical (unpaired) electrons. The lowest BCUT2D eigenvalue weighted by atomic mass is 10.00. The van der Waals surface area contributed by atoms with Gasteiger partial charge in [0.1, 0.15) is 0 Å². The Hall–Kier alpha value is -0.655. The molecule has 0 N–H and O–H groups in total. The molecule has 1 heterocycles. The highest BCUT2D eigenvalue weighted by atomic mass is 16.3. The van der Waals surface area contributed by atoms with Gasteiger partial charge in [-0.15, -0.1) is 0 Å². The highest BCUT2D eigenvalue weighted by molar-refractivity contribution is 6.08. The fourth-order valence-corrected chi connectivity index (χ4v) is 0.409. The summed E-state index contributed by atoms with van der Waals surface area (Å²) in [6.45, 7) is 0. The predicted octanol–water partition coefficient (Wildman–Crippen LogP) is 0.948. The largest absolute Gasteiger partial charge is 0.472 e. The Kier molecular flexibility index (Phi) is 1.20. The van der Waals surface area contributed by atoms with Crippen molar-refractivity contribution >= 4 is 7.85 Å². The maximum atomic E-state index is 5.23. The van der Waals surface area contributed by atoms with Crippen LogP contribution in [0.2, 0.25) is 0 Å². The van der Waals surface area contributed by atoms with Gasteiger partial charge in [-0.1, -0.05) is 6.32 Å². The van der Waals surface area contributed by atoms with E-state index in [1.807, 2.05) is 6.07 Å². The van der Waals surface area contributed by atoms with Crippen LogP contribution in [0.3, 0.4) is 0 Å². The van der Waals surface area contributed by atoms with E-state index >= 15 is 0 Å². The van der Waals surface area contributed by atoms with E-state index in [4.69, 9.17) is 12.3 Å². The van der Waals surface area contributed by atoms with Crippen LogP contribution in [-0.4, -0.2) is 7.85 Å². The number of furan rings is 1. The Morgan fingerprint density at radius 3 is 2.86 bits per heavy atom. The Morgan fingerprint density at radius 1 is 1.71 bits per heavy atom. The molecule has 1 nitrogen and oxygen atoms in total. The first kappa shape index (κ1) is 4.50. The van der Waals surface area contributed by atoms with E-state index < -0.39 is 0 Å². The number of hydrogen-bond donors (Lipinski definition) is 0. The Balaban J connectivity index is 2.76. The molecular weight excluding hydrogens is 86.9 g/mol. The van der Waals surface area contributed by atoms with E-state index in [0.29, 0.717) is 6.32 Å². The standard InChI is InChI=1S/C5H5BO/c6-3-5-1-2-7-4-5/h1-2,4H,3H2. The Bertz CT molecular complexity index is 123. The van der Waals surface area contributed by atoms with Crippen LogP contribution in [0.1, 0.15) is 5.56 Å². The molecule has 7 heavy (non-hydrogen) atoms. The van der Waals surface area contributed by atoms with Crippen molar-refractivity contribution in [2.75, 3.05) is 0 Å². The summed E-state index contributed by atoms with van der Waals surface area (Å²) in [7, 11) is 5.23. The van der Waals surface area contributed by atoms with Gasteiger partial charge in [0.15, 0.2) is 0 Å². The molecule has 0 saturated heterocycles.